The van der Waals surface area contributed by atoms with E-state index >= 15 is 0 Å². The zero-order valence-corrected chi connectivity index (χ0v) is 16.1. The number of anilines is 1. The standard InChI is InChI=1S/C21H21F2NO5/c1-13-4-10-18(27-3)17(12-13)24-20(26)14(2)28-19(25)11-7-15-5-8-16(9-6-15)29-21(22)23/h4-12,14,21H,1-3H3,(H,24,26)/b11-7+/t14-/m1/s1. The molecule has 0 fully saturated rings. The van der Waals surface area contributed by atoms with E-state index in [1.807, 2.05) is 13.0 Å². The van der Waals surface area contributed by atoms with Crippen molar-refractivity contribution in [3.05, 3.63) is 59.7 Å². The lowest BCUT2D eigenvalue weighted by molar-refractivity contribution is -0.148. The highest BCUT2D eigenvalue weighted by atomic mass is 19.3. The summed E-state index contributed by atoms with van der Waals surface area (Å²) in [5, 5.41) is 2.66. The van der Waals surface area contributed by atoms with Crippen LogP contribution in [-0.4, -0.2) is 31.7 Å². The number of rotatable bonds is 8. The molecule has 2 rings (SSSR count). The fourth-order valence-corrected chi connectivity index (χ4v) is 2.35. The Morgan fingerprint density at radius 3 is 2.41 bits per heavy atom. The van der Waals surface area contributed by atoms with Gasteiger partial charge < -0.3 is 19.5 Å². The molecule has 0 aliphatic carbocycles. The number of esters is 1. The second kappa shape index (κ2) is 10.2. The van der Waals surface area contributed by atoms with E-state index in [1.165, 1.54) is 44.4 Å². The average molecular weight is 405 g/mol. The SMILES string of the molecule is COc1ccc(C)cc1NC(=O)[C@@H](C)OC(=O)/C=C/c1ccc(OC(F)F)cc1. The van der Waals surface area contributed by atoms with Crippen molar-refractivity contribution in [1.82, 2.24) is 0 Å². The van der Waals surface area contributed by atoms with Crippen molar-refractivity contribution in [3.8, 4) is 11.5 Å². The minimum atomic E-state index is -2.90. The van der Waals surface area contributed by atoms with E-state index in [4.69, 9.17) is 9.47 Å². The number of halogens is 2. The topological polar surface area (TPSA) is 73.9 Å². The Hall–Kier alpha value is -3.42. The first-order valence-corrected chi connectivity index (χ1v) is 8.67. The van der Waals surface area contributed by atoms with Crippen molar-refractivity contribution < 1.29 is 32.6 Å². The molecule has 2 aromatic carbocycles. The predicted molar refractivity (Wildman–Crippen MR) is 104 cm³/mol. The average Bonchev–Trinajstić information content (AvgIpc) is 2.67. The Labute approximate surface area is 167 Å². The van der Waals surface area contributed by atoms with Gasteiger partial charge in [0, 0.05) is 6.08 Å². The van der Waals surface area contributed by atoms with Crippen LogP contribution in [0.2, 0.25) is 0 Å². The van der Waals surface area contributed by atoms with Gasteiger partial charge in [-0.3, -0.25) is 4.79 Å². The molecule has 6 nitrogen and oxygen atoms in total. The monoisotopic (exact) mass is 405 g/mol. The number of hydrogen-bond donors (Lipinski definition) is 1. The highest BCUT2D eigenvalue weighted by Crippen LogP contribution is 2.25. The summed E-state index contributed by atoms with van der Waals surface area (Å²) < 4.78 is 38.8. The summed E-state index contributed by atoms with van der Waals surface area (Å²) in [6.45, 7) is 0.411. The molecule has 0 aliphatic heterocycles. The number of carbonyl (C=O) groups is 2. The van der Waals surface area contributed by atoms with Gasteiger partial charge in [0.2, 0.25) is 0 Å². The molecule has 0 saturated heterocycles. The lowest BCUT2D eigenvalue weighted by Gasteiger charge is -2.15. The van der Waals surface area contributed by atoms with Gasteiger partial charge >= 0.3 is 12.6 Å². The summed E-state index contributed by atoms with van der Waals surface area (Å²) in [6, 6.07) is 11.0. The lowest BCUT2D eigenvalue weighted by atomic mass is 10.2. The molecule has 154 valence electrons. The van der Waals surface area contributed by atoms with E-state index in [0.717, 1.165) is 11.6 Å². The largest absolute Gasteiger partial charge is 0.495 e. The molecule has 0 bridgehead atoms. The Kier molecular flexibility index (Phi) is 7.70. The van der Waals surface area contributed by atoms with E-state index < -0.39 is 24.6 Å². The Bertz CT molecular complexity index is 881. The maximum absolute atomic E-state index is 12.3. The number of aryl methyl sites for hydroxylation is 1. The summed E-state index contributed by atoms with van der Waals surface area (Å²) in [7, 11) is 1.49. The molecule has 1 N–H and O–H groups in total. The minimum absolute atomic E-state index is 0.0107. The van der Waals surface area contributed by atoms with Gasteiger partial charge in [0.1, 0.15) is 11.5 Å². The number of alkyl halides is 2. The van der Waals surface area contributed by atoms with Crippen LogP contribution >= 0.6 is 0 Å². The third-order valence-corrected chi connectivity index (χ3v) is 3.79. The number of carbonyl (C=O) groups excluding carboxylic acids is 2. The zero-order chi connectivity index (χ0) is 21.4. The smallest absolute Gasteiger partial charge is 0.387 e. The second-order valence-corrected chi connectivity index (χ2v) is 6.05. The maximum Gasteiger partial charge on any atom is 0.387 e. The van der Waals surface area contributed by atoms with Crippen LogP contribution in [0.4, 0.5) is 14.5 Å². The molecule has 0 unspecified atom stereocenters. The first-order valence-electron chi connectivity index (χ1n) is 8.67. The third kappa shape index (κ3) is 6.91. The Morgan fingerprint density at radius 2 is 1.79 bits per heavy atom. The van der Waals surface area contributed by atoms with Gasteiger partial charge in [-0.15, -0.1) is 0 Å². The number of nitrogens with one attached hydrogen (secondary N) is 1. The number of methoxy groups -OCH3 is 1. The molecule has 2 aromatic rings. The summed E-state index contributed by atoms with van der Waals surface area (Å²) in [5.41, 5.74) is 1.98. The van der Waals surface area contributed by atoms with Crippen LogP contribution < -0.4 is 14.8 Å². The van der Waals surface area contributed by atoms with Crippen molar-refractivity contribution in [2.45, 2.75) is 26.6 Å². The number of benzene rings is 2. The fraction of sp³-hybridized carbons (Fsp3) is 0.238. The van der Waals surface area contributed by atoms with Crippen LogP contribution in [-0.2, 0) is 14.3 Å². The van der Waals surface area contributed by atoms with Crippen molar-refractivity contribution in [2.24, 2.45) is 0 Å². The minimum Gasteiger partial charge on any atom is -0.495 e. The first-order chi connectivity index (χ1) is 13.8. The summed E-state index contributed by atoms with van der Waals surface area (Å²) in [4.78, 5) is 24.2. The molecular formula is C21H21F2NO5. The molecule has 1 amide bonds. The van der Waals surface area contributed by atoms with Crippen LogP contribution in [0, 0.1) is 6.92 Å². The van der Waals surface area contributed by atoms with Crippen LogP contribution in [0.25, 0.3) is 6.08 Å². The fourth-order valence-electron chi connectivity index (χ4n) is 2.35. The molecule has 29 heavy (non-hydrogen) atoms. The van der Waals surface area contributed by atoms with Gasteiger partial charge in [0.25, 0.3) is 5.91 Å². The van der Waals surface area contributed by atoms with Crippen LogP contribution in [0.5, 0.6) is 11.5 Å². The Morgan fingerprint density at radius 1 is 1.10 bits per heavy atom. The number of hydrogen-bond acceptors (Lipinski definition) is 5. The normalized spacial score (nSPS) is 11.9. The van der Waals surface area contributed by atoms with E-state index in [1.54, 1.807) is 12.1 Å². The van der Waals surface area contributed by atoms with Gasteiger partial charge in [-0.2, -0.15) is 8.78 Å². The highest BCUT2D eigenvalue weighted by Gasteiger charge is 2.18. The van der Waals surface area contributed by atoms with Gasteiger partial charge in [-0.1, -0.05) is 18.2 Å². The summed E-state index contributed by atoms with van der Waals surface area (Å²) >= 11 is 0. The number of ether oxygens (including phenoxy) is 3. The van der Waals surface area contributed by atoms with Crippen molar-refractivity contribution in [3.63, 3.8) is 0 Å². The second-order valence-electron chi connectivity index (χ2n) is 6.05. The third-order valence-electron chi connectivity index (χ3n) is 3.79. The zero-order valence-electron chi connectivity index (χ0n) is 16.1. The number of amides is 1. The van der Waals surface area contributed by atoms with Crippen molar-refractivity contribution in [1.29, 1.82) is 0 Å². The van der Waals surface area contributed by atoms with Crippen LogP contribution in [0.15, 0.2) is 48.5 Å². The molecule has 8 heteroatoms. The van der Waals surface area contributed by atoms with E-state index in [9.17, 15) is 18.4 Å². The van der Waals surface area contributed by atoms with Gasteiger partial charge in [0.05, 0.1) is 12.8 Å². The lowest BCUT2D eigenvalue weighted by Crippen LogP contribution is -2.29. The van der Waals surface area contributed by atoms with Crippen LogP contribution in [0.3, 0.4) is 0 Å². The summed E-state index contributed by atoms with van der Waals surface area (Å²) in [5.74, 6) is -0.737. The molecular weight excluding hydrogens is 384 g/mol. The van der Waals surface area contributed by atoms with Gasteiger partial charge in [-0.25, -0.2) is 4.79 Å². The van der Waals surface area contributed by atoms with Crippen LogP contribution in [0.1, 0.15) is 18.1 Å². The predicted octanol–water partition coefficient (Wildman–Crippen LogP) is 4.19. The molecule has 0 aromatic heterocycles. The van der Waals surface area contributed by atoms with Gasteiger partial charge in [-0.05, 0) is 55.3 Å². The van der Waals surface area contributed by atoms with E-state index in [2.05, 4.69) is 10.1 Å². The van der Waals surface area contributed by atoms with Crippen molar-refractivity contribution >= 4 is 23.6 Å². The Balaban J connectivity index is 1.92. The molecule has 0 saturated carbocycles. The van der Waals surface area contributed by atoms with E-state index in [0.29, 0.717) is 17.0 Å². The van der Waals surface area contributed by atoms with Gasteiger partial charge in [0.15, 0.2) is 6.10 Å². The van der Waals surface area contributed by atoms with Crippen molar-refractivity contribution in [2.75, 3.05) is 12.4 Å². The molecule has 0 heterocycles. The molecule has 0 aliphatic rings. The molecule has 0 spiro atoms. The highest BCUT2D eigenvalue weighted by molar-refractivity contribution is 5.97. The molecule has 1 atom stereocenters. The quantitative estimate of drug-likeness (QED) is 0.527. The summed E-state index contributed by atoms with van der Waals surface area (Å²) in [6.07, 6.45) is 1.53. The molecule has 0 radical (unpaired) electrons. The van der Waals surface area contributed by atoms with E-state index in [-0.39, 0.29) is 5.75 Å². The maximum atomic E-state index is 12.3. The first kappa shape index (κ1) is 21.9.